The van der Waals surface area contributed by atoms with E-state index in [1.54, 1.807) is 47.0 Å². The van der Waals surface area contributed by atoms with Crippen molar-refractivity contribution in [3.8, 4) is 11.1 Å². The van der Waals surface area contributed by atoms with Crippen LogP contribution in [0.3, 0.4) is 0 Å². The zero-order valence-electron chi connectivity index (χ0n) is 18.8. The summed E-state index contributed by atoms with van der Waals surface area (Å²) in [5, 5.41) is 12.6. The average Bonchev–Trinajstić information content (AvgIpc) is 3.68. The van der Waals surface area contributed by atoms with Crippen molar-refractivity contribution in [3.05, 3.63) is 109 Å². The maximum atomic E-state index is 14.3. The molecule has 2 fully saturated rings. The van der Waals surface area contributed by atoms with Gasteiger partial charge in [-0.05, 0) is 17.2 Å². The van der Waals surface area contributed by atoms with Crippen molar-refractivity contribution in [2.45, 2.75) is 5.60 Å². The highest BCUT2D eigenvalue weighted by atomic mass is 32.2. The number of rotatable bonds is 3. The summed E-state index contributed by atoms with van der Waals surface area (Å²) in [4.78, 5) is 17.6. The van der Waals surface area contributed by atoms with E-state index in [1.807, 2.05) is 79.0 Å². The maximum Gasteiger partial charge on any atom is 0.197 e. The number of Topliss-reactive ketones (excluding diaryl/α,β-unsaturated/α-hetero) is 1. The molecule has 3 aliphatic rings. The Balaban J connectivity index is 1.64. The van der Waals surface area contributed by atoms with Gasteiger partial charge in [0.05, 0.1) is 21.1 Å². The predicted molar refractivity (Wildman–Crippen MR) is 154 cm³/mol. The van der Waals surface area contributed by atoms with Crippen LogP contribution in [0.1, 0.15) is 21.6 Å². The number of nitrogens with one attached hydrogen (secondary N) is 1. The molecule has 3 aromatic rings. The molecule has 1 unspecified atom stereocenters. The Morgan fingerprint density at radius 1 is 0.829 bits per heavy atom. The molecular formula is C28H23NO2S4. The van der Waals surface area contributed by atoms with Crippen LogP contribution in [0.2, 0.25) is 0 Å². The Kier molecular flexibility index (Phi) is 6.54. The van der Waals surface area contributed by atoms with Gasteiger partial charge in [-0.3, -0.25) is 4.79 Å². The number of aromatic amines is 1. The Morgan fingerprint density at radius 2 is 1.43 bits per heavy atom. The molecule has 1 aliphatic carbocycles. The van der Waals surface area contributed by atoms with Gasteiger partial charge in [-0.15, -0.1) is 47.0 Å². The standard InChI is InChI=1S/C28H23NO2S4/c30-24-21-20(19-9-5-2-6-10-19)17-29-25(21)28(31,12-11-18-7-3-1-4-8-18)23(27-34-15-16-35-27)22(24)26-32-13-14-33-26/h1-12,17,29,31H,13-16H2/b12-11-. The summed E-state index contributed by atoms with van der Waals surface area (Å²) in [6.45, 7) is 0. The van der Waals surface area contributed by atoms with Crippen molar-refractivity contribution in [3.63, 3.8) is 0 Å². The Labute approximate surface area is 221 Å². The van der Waals surface area contributed by atoms with E-state index in [0.717, 1.165) is 53.7 Å². The molecular weight excluding hydrogens is 511 g/mol. The normalized spacial score (nSPS) is 22.5. The second kappa shape index (κ2) is 9.79. The van der Waals surface area contributed by atoms with Gasteiger partial charge in [0.2, 0.25) is 0 Å². The molecule has 35 heavy (non-hydrogen) atoms. The van der Waals surface area contributed by atoms with Crippen molar-refractivity contribution in [1.82, 2.24) is 4.98 Å². The minimum absolute atomic E-state index is 0.00499. The van der Waals surface area contributed by atoms with Crippen LogP contribution in [0.4, 0.5) is 0 Å². The third kappa shape index (κ3) is 4.17. The zero-order valence-corrected chi connectivity index (χ0v) is 22.1. The van der Waals surface area contributed by atoms with E-state index in [4.69, 9.17) is 0 Å². The van der Waals surface area contributed by atoms with Crippen LogP contribution in [-0.4, -0.2) is 38.9 Å². The van der Waals surface area contributed by atoms with Gasteiger partial charge >= 0.3 is 0 Å². The second-order valence-electron chi connectivity index (χ2n) is 8.38. The van der Waals surface area contributed by atoms with Crippen molar-refractivity contribution in [2.24, 2.45) is 0 Å². The number of aliphatic hydroxyl groups is 1. The van der Waals surface area contributed by atoms with E-state index < -0.39 is 5.60 Å². The van der Waals surface area contributed by atoms with Gasteiger partial charge in [-0.1, -0.05) is 66.7 Å². The molecule has 0 amide bonds. The third-order valence-corrected chi connectivity index (χ3v) is 11.7. The van der Waals surface area contributed by atoms with E-state index in [-0.39, 0.29) is 5.78 Å². The Hall–Kier alpha value is -2.03. The summed E-state index contributed by atoms with van der Waals surface area (Å²) in [5.41, 5.74) is 3.91. The van der Waals surface area contributed by atoms with Gasteiger partial charge in [0.15, 0.2) is 11.4 Å². The first-order valence-corrected chi connectivity index (χ1v) is 15.4. The summed E-state index contributed by atoms with van der Waals surface area (Å²) >= 11 is 6.96. The number of ketones is 1. The van der Waals surface area contributed by atoms with Crippen LogP contribution in [0, 0.1) is 0 Å². The number of benzene rings is 2. The summed E-state index contributed by atoms with van der Waals surface area (Å²) in [5.74, 6) is 3.91. The van der Waals surface area contributed by atoms with Crippen LogP contribution >= 0.6 is 47.0 Å². The van der Waals surface area contributed by atoms with Gasteiger partial charge < -0.3 is 10.1 Å². The molecule has 0 bridgehead atoms. The smallest absolute Gasteiger partial charge is 0.197 e. The molecule has 3 heterocycles. The molecule has 2 saturated heterocycles. The average molecular weight is 534 g/mol. The molecule has 0 radical (unpaired) electrons. The lowest BCUT2D eigenvalue weighted by atomic mass is 9.75. The lowest BCUT2D eigenvalue weighted by molar-refractivity contribution is 0.0944. The van der Waals surface area contributed by atoms with Crippen molar-refractivity contribution in [2.75, 3.05) is 23.0 Å². The minimum atomic E-state index is -1.45. The largest absolute Gasteiger partial charge is 0.375 e. The molecule has 7 heteroatoms. The van der Waals surface area contributed by atoms with E-state index in [1.165, 1.54) is 0 Å². The topological polar surface area (TPSA) is 53.1 Å². The SMILES string of the molecule is O=C1C(=C2SCCS2)C(=C2SCCS2)C(O)(/C=C\c2ccccc2)c2[nH]cc(-c3ccccc3)c21. The Bertz CT molecular complexity index is 1360. The summed E-state index contributed by atoms with van der Waals surface area (Å²) in [7, 11) is 0. The molecule has 0 saturated carbocycles. The van der Waals surface area contributed by atoms with Gasteiger partial charge in [0, 0.05) is 44.6 Å². The first kappa shape index (κ1) is 23.4. The highest BCUT2D eigenvalue weighted by Gasteiger charge is 2.49. The quantitative estimate of drug-likeness (QED) is 0.348. The number of hydrogen-bond donors (Lipinski definition) is 2. The van der Waals surface area contributed by atoms with Gasteiger partial charge in [-0.2, -0.15) is 0 Å². The molecule has 3 nitrogen and oxygen atoms in total. The zero-order chi connectivity index (χ0) is 23.8. The number of H-pyrrole nitrogens is 1. The minimum Gasteiger partial charge on any atom is -0.375 e. The highest BCUT2D eigenvalue weighted by molar-refractivity contribution is 8.25. The molecule has 6 rings (SSSR count). The van der Waals surface area contributed by atoms with Gasteiger partial charge in [0.25, 0.3) is 0 Å². The van der Waals surface area contributed by atoms with Gasteiger partial charge in [-0.25, -0.2) is 0 Å². The summed E-state index contributed by atoms with van der Waals surface area (Å²) in [6.07, 6.45) is 5.70. The summed E-state index contributed by atoms with van der Waals surface area (Å²) < 4.78 is 2.08. The number of fused-ring (bicyclic) bond motifs is 1. The van der Waals surface area contributed by atoms with Crippen LogP contribution in [-0.2, 0) is 5.60 Å². The van der Waals surface area contributed by atoms with Crippen molar-refractivity contribution < 1.29 is 9.90 Å². The number of aromatic nitrogens is 1. The van der Waals surface area contributed by atoms with Gasteiger partial charge in [0.1, 0.15) is 0 Å². The van der Waals surface area contributed by atoms with E-state index in [2.05, 4.69) is 4.98 Å². The Morgan fingerprint density at radius 3 is 2.09 bits per heavy atom. The molecule has 1 aromatic heterocycles. The summed E-state index contributed by atoms with van der Waals surface area (Å²) in [6, 6.07) is 20.0. The fourth-order valence-electron chi connectivity index (χ4n) is 4.67. The molecule has 1 atom stereocenters. The second-order valence-corrected chi connectivity index (χ2v) is 13.3. The number of carbonyl (C=O) groups excluding carboxylic acids is 1. The van der Waals surface area contributed by atoms with Crippen molar-refractivity contribution in [1.29, 1.82) is 0 Å². The lowest BCUT2D eigenvalue weighted by Gasteiger charge is -2.35. The van der Waals surface area contributed by atoms with E-state index in [9.17, 15) is 9.90 Å². The van der Waals surface area contributed by atoms with Crippen LogP contribution in [0.25, 0.3) is 17.2 Å². The third-order valence-electron chi connectivity index (χ3n) is 6.26. The molecule has 2 aliphatic heterocycles. The fraction of sp³-hybridized carbons (Fsp3) is 0.179. The van der Waals surface area contributed by atoms with E-state index >= 15 is 0 Å². The highest BCUT2D eigenvalue weighted by Crippen LogP contribution is 2.56. The first-order valence-electron chi connectivity index (χ1n) is 11.5. The molecule has 176 valence electrons. The number of hydrogen-bond acceptors (Lipinski definition) is 6. The van der Waals surface area contributed by atoms with E-state index in [0.29, 0.717) is 16.8 Å². The van der Waals surface area contributed by atoms with Crippen molar-refractivity contribution >= 4 is 58.9 Å². The lowest BCUT2D eigenvalue weighted by Crippen LogP contribution is -2.36. The molecule has 2 N–H and O–H groups in total. The predicted octanol–water partition coefficient (Wildman–Crippen LogP) is 7.16. The molecule has 2 aromatic carbocycles. The van der Waals surface area contributed by atoms with Crippen LogP contribution < -0.4 is 0 Å². The van der Waals surface area contributed by atoms with Crippen LogP contribution in [0.5, 0.6) is 0 Å². The number of thioether (sulfide) groups is 4. The number of carbonyl (C=O) groups is 1. The van der Waals surface area contributed by atoms with Crippen LogP contribution in [0.15, 0.2) is 92.6 Å². The first-order chi connectivity index (χ1) is 17.2. The fourth-order valence-corrected chi connectivity index (χ4v) is 9.89. The monoisotopic (exact) mass is 533 g/mol. The maximum absolute atomic E-state index is 14.3. The molecule has 0 spiro atoms.